The van der Waals surface area contributed by atoms with Crippen molar-refractivity contribution in [2.75, 3.05) is 6.54 Å². The molecule has 1 saturated carbocycles. The van der Waals surface area contributed by atoms with Crippen LogP contribution >= 0.6 is 0 Å². The summed E-state index contributed by atoms with van der Waals surface area (Å²) in [6.07, 6.45) is 7.68. The number of rotatable bonds is 6. The van der Waals surface area contributed by atoms with Crippen LogP contribution < -0.4 is 5.32 Å². The predicted octanol–water partition coefficient (Wildman–Crippen LogP) is 5.32. The van der Waals surface area contributed by atoms with Crippen molar-refractivity contribution in [2.45, 2.75) is 63.8 Å². The molecule has 0 heterocycles. The highest BCUT2D eigenvalue weighted by molar-refractivity contribution is 5.47. The van der Waals surface area contributed by atoms with Crippen LogP contribution in [-0.4, -0.2) is 17.7 Å². The Bertz CT molecular complexity index is 676. The van der Waals surface area contributed by atoms with Gasteiger partial charge in [0.05, 0.1) is 0 Å². The molecule has 134 valence electrons. The van der Waals surface area contributed by atoms with Gasteiger partial charge in [-0.25, -0.2) is 0 Å². The molecule has 3 rings (SSSR count). The van der Waals surface area contributed by atoms with Crippen molar-refractivity contribution in [1.82, 2.24) is 5.32 Å². The van der Waals surface area contributed by atoms with Gasteiger partial charge in [-0.05, 0) is 44.4 Å². The zero-order valence-corrected chi connectivity index (χ0v) is 15.6. The molecule has 0 aliphatic heterocycles. The van der Waals surface area contributed by atoms with E-state index in [0.717, 1.165) is 18.5 Å². The van der Waals surface area contributed by atoms with Gasteiger partial charge in [0.1, 0.15) is 5.75 Å². The van der Waals surface area contributed by atoms with Gasteiger partial charge in [-0.2, -0.15) is 0 Å². The van der Waals surface area contributed by atoms with Crippen molar-refractivity contribution < 1.29 is 5.11 Å². The maximum absolute atomic E-state index is 10.6. The predicted molar refractivity (Wildman–Crippen MR) is 105 cm³/mol. The van der Waals surface area contributed by atoms with Crippen molar-refractivity contribution in [3.8, 4) is 5.75 Å². The minimum absolute atomic E-state index is 0.195. The molecule has 1 aliphatic rings. The molecule has 2 N–H and O–H groups in total. The van der Waals surface area contributed by atoms with Crippen LogP contribution in [0.25, 0.3) is 0 Å². The summed E-state index contributed by atoms with van der Waals surface area (Å²) in [5.41, 5.74) is 3.29. The van der Waals surface area contributed by atoms with E-state index in [4.69, 9.17) is 0 Å². The van der Waals surface area contributed by atoms with Crippen molar-refractivity contribution >= 4 is 0 Å². The van der Waals surface area contributed by atoms with E-state index in [-0.39, 0.29) is 5.41 Å². The number of benzene rings is 2. The zero-order valence-electron chi connectivity index (χ0n) is 15.6. The number of hydrogen-bond donors (Lipinski definition) is 2. The topological polar surface area (TPSA) is 32.3 Å². The maximum Gasteiger partial charge on any atom is 0.119 e. The quantitative estimate of drug-likeness (QED) is 0.748. The number of phenolic OH excluding ortho intramolecular Hbond substituents is 1. The van der Waals surface area contributed by atoms with E-state index in [1.165, 1.54) is 43.2 Å². The lowest BCUT2D eigenvalue weighted by Crippen LogP contribution is -2.36. The van der Waals surface area contributed by atoms with Gasteiger partial charge in [-0.15, -0.1) is 0 Å². The standard InChI is InChI=1S/C23H31NO/c1-18-13-14-22(25)21(17-18)23(2,19-9-5-3-6-10-19)15-16-24-20-11-7-4-8-12-20/h3,5-6,9-10,13-14,17,20,24-25H,4,7-8,11-12,15-16H2,1-2H3. The summed E-state index contributed by atoms with van der Waals surface area (Å²) in [6, 6.07) is 17.2. The minimum atomic E-state index is -0.195. The summed E-state index contributed by atoms with van der Waals surface area (Å²) < 4.78 is 0. The highest BCUT2D eigenvalue weighted by Gasteiger charge is 2.31. The Labute approximate surface area is 152 Å². The van der Waals surface area contributed by atoms with Crippen LogP contribution in [0.1, 0.15) is 62.1 Å². The van der Waals surface area contributed by atoms with Gasteiger partial charge >= 0.3 is 0 Å². The average Bonchev–Trinajstić information content (AvgIpc) is 2.65. The molecule has 2 heteroatoms. The Balaban J connectivity index is 1.83. The second-order valence-corrected chi connectivity index (χ2v) is 7.76. The first kappa shape index (κ1) is 18.0. The molecule has 2 aromatic rings. The van der Waals surface area contributed by atoms with Crippen LogP contribution in [0.4, 0.5) is 0 Å². The van der Waals surface area contributed by atoms with Crippen LogP contribution in [-0.2, 0) is 5.41 Å². The summed E-state index contributed by atoms with van der Waals surface area (Å²) in [4.78, 5) is 0. The largest absolute Gasteiger partial charge is 0.508 e. The van der Waals surface area contributed by atoms with Gasteiger partial charge in [0.2, 0.25) is 0 Å². The van der Waals surface area contributed by atoms with Gasteiger partial charge in [0, 0.05) is 17.0 Å². The van der Waals surface area contributed by atoms with Gasteiger partial charge < -0.3 is 10.4 Å². The molecular weight excluding hydrogens is 306 g/mol. The van der Waals surface area contributed by atoms with Crippen LogP contribution in [0.3, 0.4) is 0 Å². The number of nitrogens with one attached hydrogen (secondary N) is 1. The second kappa shape index (κ2) is 8.05. The number of aryl methyl sites for hydroxylation is 1. The molecule has 0 spiro atoms. The summed E-state index contributed by atoms with van der Waals surface area (Å²) in [5.74, 6) is 0.398. The summed E-state index contributed by atoms with van der Waals surface area (Å²) in [5, 5.41) is 14.3. The molecule has 25 heavy (non-hydrogen) atoms. The van der Waals surface area contributed by atoms with Crippen LogP contribution in [0.2, 0.25) is 0 Å². The van der Waals surface area contributed by atoms with Crippen LogP contribution in [0.15, 0.2) is 48.5 Å². The van der Waals surface area contributed by atoms with E-state index in [9.17, 15) is 5.11 Å². The first-order chi connectivity index (χ1) is 12.1. The molecule has 0 saturated heterocycles. The average molecular weight is 338 g/mol. The zero-order chi connectivity index (χ0) is 17.7. The summed E-state index contributed by atoms with van der Waals surface area (Å²) in [6.45, 7) is 5.33. The normalized spacial score (nSPS) is 18.0. The molecular formula is C23H31NO. The van der Waals surface area contributed by atoms with Crippen molar-refractivity contribution in [3.05, 3.63) is 65.2 Å². The Morgan fingerprint density at radius 2 is 1.76 bits per heavy atom. The van der Waals surface area contributed by atoms with E-state index in [2.05, 4.69) is 55.6 Å². The first-order valence-electron chi connectivity index (χ1n) is 9.68. The fraction of sp³-hybridized carbons (Fsp3) is 0.478. The Morgan fingerprint density at radius 1 is 1.04 bits per heavy atom. The minimum Gasteiger partial charge on any atom is -0.508 e. The van der Waals surface area contributed by atoms with E-state index < -0.39 is 0 Å². The fourth-order valence-corrected chi connectivity index (χ4v) is 4.17. The molecule has 1 atom stereocenters. The third-order valence-corrected chi connectivity index (χ3v) is 5.82. The molecule has 1 unspecified atom stereocenters. The first-order valence-corrected chi connectivity index (χ1v) is 9.68. The second-order valence-electron chi connectivity index (χ2n) is 7.76. The summed E-state index contributed by atoms with van der Waals surface area (Å²) in [7, 11) is 0. The third kappa shape index (κ3) is 4.24. The molecule has 2 nitrogen and oxygen atoms in total. The van der Waals surface area contributed by atoms with Crippen LogP contribution in [0, 0.1) is 6.92 Å². The highest BCUT2D eigenvalue weighted by atomic mass is 16.3. The Kier molecular flexibility index (Phi) is 5.80. The van der Waals surface area contributed by atoms with Gasteiger partial charge in [0.25, 0.3) is 0 Å². The van der Waals surface area contributed by atoms with Crippen LogP contribution in [0.5, 0.6) is 5.75 Å². The molecule has 0 bridgehead atoms. The number of phenols is 1. The van der Waals surface area contributed by atoms with E-state index in [1.54, 1.807) is 0 Å². The summed E-state index contributed by atoms with van der Waals surface area (Å²) >= 11 is 0. The lowest BCUT2D eigenvalue weighted by molar-refractivity contribution is 0.355. The van der Waals surface area contributed by atoms with Crippen molar-refractivity contribution in [3.63, 3.8) is 0 Å². The third-order valence-electron chi connectivity index (χ3n) is 5.82. The molecule has 1 aliphatic carbocycles. The van der Waals surface area contributed by atoms with Gasteiger partial charge in [-0.1, -0.05) is 74.2 Å². The maximum atomic E-state index is 10.6. The van der Waals surface area contributed by atoms with E-state index in [0.29, 0.717) is 11.8 Å². The van der Waals surface area contributed by atoms with Gasteiger partial charge in [-0.3, -0.25) is 0 Å². The van der Waals surface area contributed by atoms with E-state index in [1.807, 2.05) is 12.1 Å². The SMILES string of the molecule is Cc1ccc(O)c(C(C)(CCNC2CCCCC2)c2ccccc2)c1. The number of hydrogen-bond acceptors (Lipinski definition) is 2. The molecule has 0 amide bonds. The Hall–Kier alpha value is -1.80. The lowest BCUT2D eigenvalue weighted by atomic mass is 9.73. The Morgan fingerprint density at radius 3 is 2.48 bits per heavy atom. The monoisotopic (exact) mass is 337 g/mol. The fourth-order valence-electron chi connectivity index (χ4n) is 4.17. The lowest BCUT2D eigenvalue weighted by Gasteiger charge is -2.33. The highest BCUT2D eigenvalue weighted by Crippen LogP contribution is 2.40. The van der Waals surface area contributed by atoms with E-state index >= 15 is 0 Å². The molecule has 2 aromatic carbocycles. The number of aromatic hydroxyl groups is 1. The van der Waals surface area contributed by atoms with Gasteiger partial charge in [0.15, 0.2) is 0 Å². The van der Waals surface area contributed by atoms with Crippen molar-refractivity contribution in [1.29, 1.82) is 0 Å². The molecule has 0 aromatic heterocycles. The molecule has 1 fully saturated rings. The van der Waals surface area contributed by atoms with Crippen molar-refractivity contribution in [2.24, 2.45) is 0 Å². The molecule has 0 radical (unpaired) electrons. The smallest absolute Gasteiger partial charge is 0.119 e.